The highest BCUT2D eigenvalue weighted by Crippen LogP contribution is 2.43. The Balaban J connectivity index is 1.97. The molecule has 0 aliphatic carbocycles. The monoisotopic (exact) mass is 630 g/mol. The van der Waals surface area contributed by atoms with Crippen LogP contribution in [0.5, 0.6) is 23.0 Å². The highest BCUT2D eigenvalue weighted by Gasteiger charge is 2.18. The molecule has 0 radical (unpaired) electrons. The molecule has 3 rings (SSSR count). The maximum absolute atomic E-state index is 6.47. The van der Waals surface area contributed by atoms with Gasteiger partial charge in [-0.3, -0.25) is 0 Å². The summed E-state index contributed by atoms with van der Waals surface area (Å²) < 4.78 is 25.5. The molecule has 0 saturated heterocycles. The summed E-state index contributed by atoms with van der Waals surface area (Å²) in [4.78, 5) is 0. The molecule has 254 valence electrons. The smallest absolute Gasteiger partial charge is 0.127 e. The van der Waals surface area contributed by atoms with Crippen molar-refractivity contribution in [1.29, 1.82) is 0 Å². The third-order valence-electron chi connectivity index (χ3n) is 8.45. The van der Waals surface area contributed by atoms with Gasteiger partial charge in [0.1, 0.15) is 23.0 Å². The van der Waals surface area contributed by atoms with Crippen molar-refractivity contribution in [2.24, 2.45) is 0 Å². The van der Waals surface area contributed by atoms with Gasteiger partial charge in [-0.1, -0.05) is 129 Å². The minimum absolute atomic E-state index is 0.708. The van der Waals surface area contributed by atoms with E-state index in [9.17, 15) is 0 Å². The van der Waals surface area contributed by atoms with E-state index in [1.165, 1.54) is 77.0 Å². The molecule has 0 aliphatic rings. The lowest BCUT2D eigenvalue weighted by molar-refractivity contribution is 0.297. The zero-order valence-corrected chi connectivity index (χ0v) is 29.5. The Bertz CT molecular complexity index is 1130. The van der Waals surface area contributed by atoms with Crippen LogP contribution in [-0.2, 0) is 0 Å². The molecule has 4 heteroatoms. The van der Waals surface area contributed by atoms with Crippen LogP contribution in [0.1, 0.15) is 130 Å². The topological polar surface area (TPSA) is 36.9 Å². The number of ether oxygens (including phenoxy) is 4. The average Bonchev–Trinajstić information content (AvgIpc) is 3.08. The van der Waals surface area contributed by atoms with E-state index >= 15 is 0 Å². The summed E-state index contributed by atoms with van der Waals surface area (Å²) in [5.41, 5.74) is 4.32. The second-order valence-corrected chi connectivity index (χ2v) is 12.5. The maximum atomic E-state index is 6.47. The van der Waals surface area contributed by atoms with Gasteiger partial charge in [0.05, 0.1) is 26.4 Å². The van der Waals surface area contributed by atoms with E-state index in [1.54, 1.807) is 0 Å². The second-order valence-electron chi connectivity index (χ2n) is 12.5. The van der Waals surface area contributed by atoms with Crippen LogP contribution >= 0.6 is 0 Å². The first-order valence-corrected chi connectivity index (χ1v) is 18.6. The summed E-state index contributed by atoms with van der Waals surface area (Å²) in [7, 11) is 0. The minimum Gasteiger partial charge on any atom is -0.494 e. The van der Waals surface area contributed by atoms with Crippen LogP contribution < -0.4 is 18.9 Å². The second kappa shape index (κ2) is 23.2. The zero-order chi connectivity index (χ0) is 32.7. The molecule has 0 heterocycles. The number of benzene rings is 3. The molecule has 3 aromatic rings. The van der Waals surface area contributed by atoms with Crippen LogP contribution in [0.3, 0.4) is 0 Å². The molecule has 0 amide bonds. The predicted octanol–water partition coefficient (Wildman–Crippen LogP) is 12.9. The Morgan fingerprint density at radius 2 is 0.696 bits per heavy atom. The Hall–Kier alpha value is -3.14. The molecule has 0 saturated carbocycles. The van der Waals surface area contributed by atoms with E-state index in [0.29, 0.717) is 13.2 Å². The Labute approximate surface area is 281 Å². The number of hydrogen-bond acceptors (Lipinski definition) is 4. The van der Waals surface area contributed by atoms with Crippen molar-refractivity contribution in [2.45, 2.75) is 130 Å². The molecule has 0 aliphatic heterocycles. The fourth-order valence-electron chi connectivity index (χ4n) is 5.68. The zero-order valence-electron chi connectivity index (χ0n) is 29.5. The van der Waals surface area contributed by atoms with Crippen molar-refractivity contribution in [3.05, 3.63) is 60.7 Å². The van der Waals surface area contributed by atoms with E-state index in [-0.39, 0.29) is 0 Å². The first kappa shape index (κ1) is 37.3. The standard InChI is InChI=1S/C42H62O4/c1-5-9-13-19-29-43-35-25-27-41(45-31-21-15-11-7-3)39(33-35)37-23-17-18-24-38(37)40-34-36(44-30-20-14-10-6-2)26-28-42(40)46-32-22-16-12-8-4/h17-18,23-28,33-34H,5-16,19-22,29-32H2,1-4H3. The number of rotatable bonds is 26. The molecule has 0 unspecified atom stereocenters. The lowest BCUT2D eigenvalue weighted by atomic mass is 9.93. The molecule has 0 bridgehead atoms. The van der Waals surface area contributed by atoms with Crippen LogP contribution in [0.15, 0.2) is 60.7 Å². The average molecular weight is 631 g/mol. The maximum Gasteiger partial charge on any atom is 0.127 e. The predicted molar refractivity (Wildman–Crippen MR) is 196 cm³/mol. The molecule has 46 heavy (non-hydrogen) atoms. The molecular formula is C42H62O4. The molecular weight excluding hydrogens is 568 g/mol. The fraction of sp³-hybridized carbons (Fsp3) is 0.571. The van der Waals surface area contributed by atoms with E-state index in [1.807, 2.05) is 0 Å². The van der Waals surface area contributed by atoms with Gasteiger partial charge in [-0.25, -0.2) is 0 Å². The summed E-state index contributed by atoms with van der Waals surface area (Å²) in [6, 6.07) is 21.3. The summed E-state index contributed by atoms with van der Waals surface area (Å²) >= 11 is 0. The lowest BCUT2D eigenvalue weighted by Crippen LogP contribution is -2.03. The first-order chi connectivity index (χ1) is 22.7. The number of hydrogen-bond donors (Lipinski definition) is 0. The van der Waals surface area contributed by atoms with Gasteiger partial charge in [-0.15, -0.1) is 0 Å². The summed E-state index contributed by atoms with van der Waals surface area (Å²) in [5.74, 6) is 3.56. The lowest BCUT2D eigenvalue weighted by Gasteiger charge is -2.19. The quantitative estimate of drug-likeness (QED) is 0.0827. The molecule has 0 spiro atoms. The molecule has 0 aromatic heterocycles. The van der Waals surface area contributed by atoms with Gasteiger partial charge in [0.15, 0.2) is 0 Å². The van der Waals surface area contributed by atoms with Gasteiger partial charge in [0.2, 0.25) is 0 Å². The third-order valence-corrected chi connectivity index (χ3v) is 8.45. The van der Waals surface area contributed by atoms with Gasteiger partial charge in [0, 0.05) is 11.1 Å². The first-order valence-electron chi connectivity index (χ1n) is 18.6. The van der Waals surface area contributed by atoms with Crippen molar-refractivity contribution in [3.8, 4) is 45.3 Å². The minimum atomic E-state index is 0.708. The largest absolute Gasteiger partial charge is 0.494 e. The normalized spacial score (nSPS) is 11.0. The Morgan fingerprint density at radius 1 is 0.348 bits per heavy atom. The van der Waals surface area contributed by atoms with Crippen LogP contribution in [0.25, 0.3) is 22.3 Å². The van der Waals surface area contributed by atoms with Crippen molar-refractivity contribution in [2.75, 3.05) is 26.4 Å². The van der Waals surface area contributed by atoms with Crippen LogP contribution in [0, 0.1) is 0 Å². The number of unbranched alkanes of at least 4 members (excludes halogenated alkanes) is 12. The van der Waals surface area contributed by atoms with Crippen molar-refractivity contribution >= 4 is 0 Å². The summed E-state index contributed by atoms with van der Waals surface area (Å²) in [6.45, 7) is 11.8. The Kier molecular flexibility index (Phi) is 18.8. The van der Waals surface area contributed by atoms with Gasteiger partial charge in [-0.2, -0.15) is 0 Å². The third kappa shape index (κ3) is 13.3. The highest BCUT2D eigenvalue weighted by molar-refractivity contribution is 5.89. The van der Waals surface area contributed by atoms with Gasteiger partial charge >= 0.3 is 0 Å². The fourth-order valence-corrected chi connectivity index (χ4v) is 5.68. The molecule has 3 aromatic carbocycles. The Morgan fingerprint density at radius 3 is 1.04 bits per heavy atom. The molecule has 0 fully saturated rings. The van der Waals surface area contributed by atoms with Crippen molar-refractivity contribution < 1.29 is 18.9 Å². The van der Waals surface area contributed by atoms with Gasteiger partial charge in [-0.05, 0) is 73.2 Å². The van der Waals surface area contributed by atoms with Crippen molar-refractivity contribution in [1.82, 2.24) is 0 Å². The highest BCUT2D eigenvalue weighted by atomic mass is 16.5. The SMILES string of the molecule is CCCCCCOc1ccc(OCCCCCC)c(-c2ccccc2-c2cc(OCCCCCC)ccc2OCCCCCC)c1. The van der Waals surface area contributed by atoms with Crippen LogP contribution in [0.4, 0.5) is 0 Å². The van der Waals surface area contributed by atoms with Crippen LogP contribution in [0.2, 0.25) is 0 Å². The van der Waals surface area contributed by atoms with E-state index in [2.05, 4.69) is 88.4 Å². The molecule has 0 N–H and O–H groups in total. The van der Waals surface area contributed by atoms with E-state index in [0.717, 1.165) is 84.1 Å². The van der Waals surface area contributed by atoms with E-state index < -0.39 is 0 Å². The van der Waals surface area contributed by atoms with E-state index in [4.69, 9.17) is 18.9 Å². The summed E-state index contributed by atoms with van der Waals surface area (Å²) in [6.07, 6.45) is 18.9. The molecule has 4 nitrogen and oxygen atoms in total. The summed E-state index contributed by atoms with van der Waals surface area (Å²) in [5, 5.41) is 0. The van der Waals surface area contributed by atoms with Gasteiger partial charge < -0.3 is 18.9 Å². The van der Waals surface area contributed by atoms with Crippen molar-refractivity contribution in [3.63, 3.8) is 0 Å². The van der Waals surface area contributed by atoms with Crippen LogP contribution in [-0.4, -0.2) is 26.4 Å². The van der Waals surface area contributed by atoms with Gasteiger partial charge in [0.25, 0.3) is 0 Å². The molecule has 0 atom stereocenters.